The van der Waals surface area contributed by atoms with Crippen LogP contribution in [0.15, 0.2) is 36.4 Å². The maximum absolute atomic E-state index is 13.4. The number of benzene rings is 1. The number of alkyl halides is 3. The predicted molar refractivity (Wildman–Crippen MR) is 127 cm³/mol. The molecule has 0 aliphatic heterocycles. The van der Waals surface area contributed by atoms with E-state index in [1.54, 1.807) is 28.9 Å². The Morgan fingerprint density at radius 1 is 1.15 bits per heavy atom. The third-order valence-electron chi connectivity index (χ3n) is 6.30. The molecule has 1 aromatic carbocycles. The second-order valence-electron chi connectivity index (χ2n) is 8.79. The Bertz CT molecular complexity index is 1340. The van der Waals surface area contributed by atoms with E-state index in [0.717, 1.165) is 41.2 Å². The molecule has 3 heterocycles. The third kappa shape index (κ3) is 4.34. The molecule has 1 fully saturated rings. The highest BCUT2D eigenvalue weighted by atomic mass is 32.1. The van der Waals surface area contributed by atoms with E-state index in [1.807, 2.05) is 20.0 Å². The number of rotatable bonds is 4. The standard InChI is InChI=1S/C24H24F3N5OS/c1-13-17-11-20(34-23(17)32(2)31-13)22(33)29-15-7-5-6-14(10-15)28-19-12-21(24(25,26)27)30-18-9-4-3-8-16(18)19/h3-4,8-9,11-12,14-15H,5-7,10H2,1-2H3,(H,28,30)(H,29,33)/t14-,15+/m0/s1. The van der Waals surface area contributed by atoms with Crippen LogP contribution in [0.4, 0.5) is 18.9 Å². The molecule has 0 saturated heterocycles. The highest BCUT2D eigenvalue weighted by molar-refractivity contribution is 7.20. The summed E-state index contributed by atoms with van der Waals surface area (Å²) in [5.74, 6) is -0.125. The van der Waals surface area contributed by atoms with E-state index >= 15 is 0 Å². The van der Waals surface area contributed by atoms with Gasteiger partial charge in [0, 0.05) is 35.6 Å². The Balaban J connectivity index is 1.32. The van der Waals surface area contributed by atoms with E-state index in [-0.39, 0.29) is 18.0 Å². The minimum Gasteiger partial charge on any atom is -0.382 e. The summed E-state index contributed by atoms with van der Waals surface area (Å²) in [5.41, 5.74) is 0.693. The van der Waals surface area contributed by atoms with Gasteiger partial charge >= 0.3 is 6.18 Å². The molecule has 1 saturated carbocycles. The molecular formula is C24H24F3N5OS. The Morgan fingerprint density at radius 2 is 1.91 bits per heavy atom. The zero-order valence-corrected chi connectivity index (χ0v) is 19.6. The van der Waals surface area contributed by atoms with E-state index in [4.69, 9.17) is 0 Å². The Labute approximate surface area is 198 Å². The molecule has 0 bridgehead atoms. The molecule has 1 aliphatic rings. The van der Waals surface area contributed by atoms with Crippen LogP contribution in [0.3, 0.4) is 0 Å². The molecule has 10 heteroatoms. The van der Waals surface area contributed by atoms with Crippen molar-refractivity contribution >= 4 is 44.1 Å². The van der Waals surface area contributed by atoms with Gasteiger partial charge in [0.15, 0.2) is 0 Å². The Hall–Kier alpha value is -3.14. The van der Waals surface area contributed by atoms with E-state index in [1.165, 1.54) is 11.3 Å². The number of para-hydroxylation sites is 1. The highest BCUT2D eigenvalue weighted by Gasteiger charge is 2.34. The average Bonchev–Trinajstić information content (AvgIpc) is 3.35. The number of pyridine rings is 1. The summed E-state index contributed by atoms with van der Waals surface area (Å²) in [5, 5.41) is 12.4. The quantitative estimate of drug-likeness (QED) is 0.390. The zero-order chi connectivity index (χ0) is 24.0. The first kappa shape index (κ1) is 22.6. The number of nitrogens with one attached hydrogen (secondary N) is 2. The maximum Gasteiger partial charge on any atom is 0.433 e. The number of hydrogen-bond donors (Lipinski definition) is 2. The first-order chi connectivity index (χ1) is 16.2. The summed E-state index contributed by atoms with van der Waals surface area (Å²) < 4.78 is 42.0. The summed E-state index contributed by atoms with van der Waals surface area (Å²) in [6.45, 7) is 1.92. The lowest BCUT2D eigenvalue weighted by Crippen LogP contribution is -2.41. The van der Waals surface area contributed by atoms with Crippen molar-refractivity contribution in [2.75, 3.05) is 5.32 Å². The monoisotopic (exact) mass is 487 g/mol. The van der Waals surface area contributed by atoms with Crippen molar-refractivity contribution in [1.82, 2.24) is 20.1 Å². The van der Waals surface area contributed by atoms with Gasteiger partial charge in [0.25, 0.3) is 5.91 Å². The van der Waals surface area contributed by atoms with Crippen LogP contribution in [0.5, 0.6) is 0 Å². The van der Waals surface area contributed by atoms with Crippen LogP contribution in [0.1, 0.15) is 46.7 Å². The molecule has 1 amide bonds. The van der Waals surface area contributed by atoms with Gasteiger partial charge in [-0.3, -0.25) is 9.48 Å². The molecule has 0 spiro atoms. The van der Waals surface area contributed by atoms with Crippen molar-refractivity contribution in [3.8, 4) is 0 Å². The summed E-state index contributed by atoms with van der Waals surface area (Å²) in [6.07, 6.45) is -1.37. The van der Waals surface area contributed by atoms with Crippen molar-refractivity contribution in [2.45, 2.75) is 50.9 Å². The largest absolute Gasteiger partial charge is 0.433 e. The fourth-order valence-electron chi connectivity index (χ4n) is 4.69. The van der Waals surface area contributed by atoms with Gasteiger partial charge < -0.3 is 10.6 Å². The fraction of sp³-hybridized carbons (Fsp3) is 0.375. The lowest BCUT2D eigenvalue weighted by Gasteiger charge is -2.31. The molecule has 178 valence electrons. The third-order valence-corrected chi connectivity index (χ3v) is 7.50. The minimum atomic E-state index is -4.53. The second-order valence-corrected chi connectivity index (χ2v) is 9.82. The van der Waals surface area contributed by atoms with Crippen molar-refractivity contribution in [2.24, 2.45) is 7.05 Å². The molecule has 4 aromatic rings. The number of fused-ring (bicyclic) bond motifs is 2. The lowest BCUT2D eigenvalue weighted by atomic mass is 9.90. The van der Waals surface area contributed by atoms with Crippen molar-refractivity contribution in [1.29, 1.82) is 0 Å². The minimum absolute atomic E-state index is 0.0557. The zero-order valence-electron chi connectivity index (χ0n) is 18.7. The number of nitrogens with zero attached hydrogens (tertiary/aromatic N) is 3. The van der Waals surface area contributed by atoms with Gasteiger partial charge in [-0.1, -0.05) is 18.2 Å². The van der Waals surface area contributed by atoms with Crippen LogP contribution >= 0.6 is 11.3 Å². The van der Waals surface area contributed by atoms with Gasteiger partial charge in [-0.2, -0.15) is 18.3 Å². The number of aryl methyl sites for hydroxylation is 2. The van der Waals surface area contributed by atoms with Gasteiger partial charge in [-0.25, -0.2) is 4.98 Å². The van der Waals surface area contributed by atoms with Crippen LogP contribution < -0.4 is 10.6 Å². The number of hydrogen-bond acceptors (Lipinski definition) is 5. The normalized spacial score (nSPS) is 19.0. The molecular weight excluding hydrogens is 463 g/mol. The first-order valence-electron chi connectivity index (χ1n) is 11.2. The van der Waals surface area contributed by atoms with Crippen molar-refractivity contribution < 1.29 is 18.0 Å². The summed E-state index contributed by atoms with van der Waals surface area (Å²) in [4.78, 5) is 18.3. The van der Waals surface area contributed by atoms with E-state index < -0.39 is 11.9 Å². The number of halogens is 3. The smallest absolute Gasteiger partial charge is 0.382 e. The highest BCUT2D eigenvalue weighted by Crippen LogP contribution is 2.34. The average molecular weight is 488 g/mol. The summed E-state index contributed by atoms with van der Waals surface area (Å²) in [7, 11) is 1.86. The molecule has 6 nitrogen and oxygen atoms in total. The topological polar surface area (TPSA) is 71.8 Å². The SMILES string of the molecule is Cc1nn(C)c2sc(C(=O)N[C@@H]3CCC[C@H](Nc4cc(C(F)(F)F)nc5ccccc45)C3)cc12. The van der Waals surface area contributed by atoms with Crippen LogP contribution in [-0.2, 0) is 13.2 Å². The molecule has 0 radical (unpaired) electrons. The van der Waals surface area contributed by atoms with E-state index in [2.05, 4.69) is 20.7 Å². The molecule has 5 rings (SSSR count). The van der Waals surface area contributed by atoms with Gasteiger partial charge in [0.05, 0.1) is 16.1 Å². The van der Waals surface area contributed by atoms with Crippen LogP contribution in [0.2, 0.25) is 0 Å². The predicted octanol–water partition coefficient (Wildman–Crippen LogP) is 5.66. The van der Waals surface area contributed by atoms with Crippen LogP contribution in [0, 0.1) is 6.92 Å². The van der Waals surface area contributed by atoms with Crippen LogP contribution in [0.25, 0.3) is 21.1 Å². The molecule has 0 unspecified atom stereocenters. The molecule has 2 atom stereocenters. The number of anilines is 1. The van der Waals surface area contributed by atoms with Gasteiger partial charge in [0.1, 0.15) is 10.5 Å². The van der Waals surface area contributed by atoms with Gasteiger partial charge in [0.2, 0.25) is 0 Å². The number of amides is 1. The number of carbonyl (C=O) groups excluding carboxylic acids is 1. The van der Waals surface area contributed by atoms with E-state index in [9.17, 15) is 18.0 Å². The first-order valence-corrected chi connectivity index (χ1v) is 12.0. The van der Waals surface area contributed by atoms with Crippen molar-refractivity contribution in [3.63, 3.8) is 0 Å². The lowest BCUT2D eigenvalue weighted by molar-refractivity contribution is -0.140. The molecule has 1 aliphatic carbocycles. The maximum atomic E-state index is 13.4. The summed E-state index contributed by atoms with van der Waals surface area (Å²) in [6, 6.07) is 9.66. The van der Waals surface area contributed by atoms with Crippen molar-refractivity contribution in [3.05, 3.63) is 52.7 Å². The number of aromatic nitrogens is 3. The Kier molecular flexibility index (Phi) is 5.71. The number of carbonyl (C=O) groups is 1. The summed E-state index contributed by atoms with van der Waals surface area (Å²) >= 11 is 1.41. The van der Waals surface area contributed by atoms with Gasteiger partial charge in [-0.15, -0.1) is 11.3 Å². The van der Waals surface area contributed by atoms with Gasteiger partial charge in [-0.05, 0) is 50.8 Å². The molecule has 2 N–H and O–H groups in total. The molecule has 34 heavy (non-hydrogen) atoms. The number of thiophene rings is 1. The Morgan fingerprint density at radius 3 is 2.68 bits per heavy atom. The van der Waals surface area contributed by atoms with Crippen LogP contribution in [-0.4, -0.2) is 32.8 Å². The fourth-order valence-corrected chi connectivity index (χ4v) is 5.71. The van der Waals surface area contributed by atoms with E-state index in [0.29, 0.717) is 27.9 Å². The second kappa shape index (κ2) is 8.57. The molecule has 3 aromatic heterocycles.